The number of esters is 1. The van der Waals surface area contributed by atoms with Gasteiger partial charge in [0.1, 0.15) is 14.0 Å². The van der Waals surface area contributed by atoms with Crippen LogP contribution in [0.5, 0.6) is 0 Å². The Bertz CT molecular complexity index is 554. The topological polar surface area (TPSA) is 29.5 Å². The number of ether oxygens (including phenoxy) is 1. The summed E-state index contributed by atoms with van der Waals surface area (Å²) in [5.41, 5.74) is 1.21. The smallest absolute Gasteiger partial charge is 0.305 e. The third-order valence-corrected chi connectivity index (χ3v) is 8.54. The molecular formula is C19H30BNO2. The maximum atomic E-state index is 12.9. The van der Waals surface area contributed by atoms with E-state index in [1.807, 2.05) is 0 Å². The summed E-state index contributed by atoms with van der Waals surface area (Å²) in [6.45, 7) is 0.838. The summed E-state index contributed by atoms with van der Waals surface area (Å²) in [5, 5.41) is -0.294. The minimum Gasteiger partial charge on any atom is -0.462 e. The molecule has 0 N–H and O–H groups in total. The molecule has 1 aliphatic heterocycles. The zero-order valence-corrected chi connectivity index (χ0v) is 14.9. The second kappa shape index (κ2) is 4.36. The number of hydrogen-bond acceptors (Lipinski definition) is 3. The van der Waals surface area contributed by atoms with Crippen molar-refractivity contribution in [3.63, 3.8) is 0 Å². The maximum Gasteiger partial charge on any atom is 0.305 e. The van der Waals surface area contributed by atoms with Crippen LogP contribution in [0.2, 0.25) is 5.31 Å². The normalized spacial score (nSPS) is 48.2. The van der Waals surface area contributed by atoms with E-state index in [-0.39, 0.29) is 17.4 Å². The van der Waals surface area contributed by atoms with Crippen molar-refractivity contribution in [3.05, 3.63) is 0 Å². The van der Waals surface area contributed by atoms with Crippen LogP contribution in [0, 0.1) is 28.6 Å². The van der Waals surface area contributed by atoms with Gasteiger partial charge in [0, 0.05) is 18.4 Å². The predicted octanol–water partition coefficient (Wildman–Crippen LogP) is 2.26. The molecule has 0 amide bonds. The van der Waals surface area contributed by atoms with Crippen molar-refractivity contribution in [2.24, 2.45) is 28.6 Å². The lowest BCUT2D eigenvalue weighted by molar-refractivity contribution is -0.147. The van der Waals surface area contributed by atoms with Crippen molar-refractivity contribution in [1.82, 2.24) is 4.90 Å². The van der Waals surface area contributed by atoms with Crippen molar-refractivity contribution in [3.8, 4) is 0 Å². The zero-order chi connectivity index (χ0) is 16.0. The van der Waals surface area contributed by atoms with Gasteiger partial charge in [-0.3, -0.25) is 4.79 Å². The molecule has 1 saturated heterocycles. The Hall–Kier alpha value is -0.505. The summed E-state index contributed by atoms with van der Waals surface area (Å²) in [4.78, 5) is 15.0. The molecule has 4 heteroatoms. The highest BCUT2D eigenvalue weighted by Crippen LogP contribution is 2.75. The first-order chi connectivity index (χ1) is 10.9. The largest absolute Gasteiger partial charge is 0.462 e. The van der Waals surface area contributed by atoms with Crippen molar-refractivity contribution in [2.45, 2.75) is 62.8 Å². The van der Waals surface area contributed by atoms with Crippen molar-refractivity contribution in [1.29, 1.82) is 0 Å². The molecule has 0 bridgehead atoms. The summed E-state index contributed by atoms with van der Waals surface area (Å²) in [7, 11) is 6.37. The highest BCUT2D eigenvalue weighted by atomic mass is 16.6. The van der Waals surface area contributed by atoms with Gasteiger partial charge in [0.15, 0.2) is 0 Å². The molecule has 5 fully saturated rings. The second-order valence-corrected chi connectivity index (χ2v) is 10.1. The van der Waals surface area contributed by atoms with Crippen LogP contribution >= 0.6 is 0 Å². The Kier molecular flexibility index (Phi) is 2.81. The lowest BCUT2D eigenvalue weighted by Crippen LogP contribution is -2.40. The van der Waals surface area contributed by atoms with E-state index in [4.69, 9.17) is 4.74 Å². The molecule has 5 atom stereocenters. The Morgan fingerprint density at radius 3 is 2.26 bits per heavy atom. The van der Waals surface area contributed by atoms with Crippen LogP contribution in [-0.4, -0.2) is 45.5 Å². The van der Waals surface area contributed by atoms with Gasteiger partial charge in [0.25, 0.3) is 0 Å². The van der Waals surface area contributed by atoms with Crippen LogP contribution in [0.4, 0.5) is 0 Å². The van der Waals surface area contributed by atoms with Gasteiger partial charge in [-0.1, -0.05) is 0 Å². The molecule has 0 unspecified atom stereocenters. The van der Waals surface area contributed by atoms with E-state index in [2.05, 4.69) is 26.8 Å². The third kappa shape index (κ3) is 1.85. The highest BCUT2D eigenvalue weighted by Gasteiger charge is 2.71. The summed E-state index contributed by atoms with van der Waals surface area (Å²) >= 11 is 0. The van der Waals surface area contributed by atoms with Crippen molar-refractivity contribution >= 4 is 13.8 Å². The first-order valence-corrected chi connectivity index (χ1v) is 9.76. The molecule has 0 aromatic heterocycles. The van der Waals surface area contributed by atoms with Gasteiger partial charge in [-0.25, -0.2) is 0 Å². The minimum absolute atomic E-state index is 0.0920. The van der Waals surface area contributed by atoms with E-state index in [1.165, 1.54) is 51.4 Å². The van der Waals surface area contributed by atoms with Crippen LogP contribution in [-0.2, 0) is 9.53 Å². The molecule has 1 heterocycles. The van der Waals surface area contributed by atoms with Gasteiger partial charge in [-0.15, -0.1) is 0 Å². The number of carbonyl (C=O) groups is 1. The fraction of sp³-hybridized carbons (Fsp3) is 0.947. The van der Waals surface area contributed by atoms with Gasteiger partial charge in [0.2, 0.25) is 0 Å². The number of hydrogen-bond donors (Lipinski definition) is 0. The molecule has 2 spiro atoms. The van der Waals surface area contributed by atoms with Crippen LogP contribution in [0.15, 0.2) is 0 Å². The Balaban J connectivity index is 1.54. The predicted molar refractivity (Wildman–Crippen MR) is 91.9 cm³/mol. The molecule has 4 aliphatic carbocycles. The minimum atomic E-state index is -0.294. The molecule has 126 valence electrons. The van der Waals surface area contributed by atoms with Crippen molar-refractivity contribution in [2.75, 3.05) is 20.6 Å². The lowest BCUT2D eigenvalue weighted by atomic mass is 9.58. The second-order valence-electron chi connectivity index (χ2n) is 10.1. The molecule has 23 heavy (non-hydrogen) atoms. The van der Waals surface area contributed by atoms with E-state index in [9.17, 15) is 4.79 Å². The number of fused-ring (bicyclic) bond motifs is 5. The van der Waals surface area contributed by atoms with Gasteiger partial charge < -0.3 is 9.64 Å². The molecule has 4 saturated carbocycles. The summed E-state index contributed by atoms with van der Waals surface area (Å²) < 4.78 is 6.21. The van der Waals surface area contributed by atoms with E-state index in [1.54, 1.807) is 0 Å². The van der Waals surface area contributed by atoms with E-state index in [0.717, 1.165) is 12.5 Å². The first-order valence-electron chi connectivity index (χ1n) is 9.76. The quantitative estimate of drug-likeness (QED) is 0.578. The first kappa shape index (κ1) is 14.8. The van der Waals surface area contributed by atoms with Crippen LogP contribution < -0.4 is 0 Å². The van der Waals surface area contributed by atoms with Gasteiger partial charge in [-0.05, 0) is 82.2 Å². The average molecular weight is 315 g/mol. The fourth-order valence-corrected chi connectivity index (χ4v) is 7.13. The molecule has 5 aliphatic rings. The fourth-order valence-electron chi connectivity index (χ4n) is 7.13. The monoisotopic (exact) mass is 315 g/mol. The van der Waals surface area contributed by atoms with Crippen molar-refractivity contribution < 1.29 is 9.53 Å². The van der Waals surface area contributed by atoms with Gasteiger partial charge in [-0.2, -0.15) is 0 Å². The van der Waals surface area contributed by atoms with Gasteiger partial charge >= 0.3 is 5.97 Å². The van der Waals surface area contributed by atoms with Crippen LogP contribution in [0.3, 0.4) is 0 Å². The summed E-state index contributed by atoms with van der Waals surface area (Å²) in [6, 6.07) is 0. The lowest BCUT2D eigenvalue weighted by Gasteiger charge is -2.35. The average Bonchev–Trinajstić information content (AvgIpc) is 3.35. The third-order valence-electron chi connectivity index (χ3n) is 8.54. The number of nitrogens with zero attached hydrogens (tertiary/aromatic N) is 1. The van der Waals surface area contributed by atoms with Crippen LogP contribution in [0.25, 0.3) is 0 Å². The standard InChI is InChI=1S/C19H30BNO2/c1-21(2)11-19(20)13-4-5-17(7-8-17)12-3-6-18(9-10-18)14(12)15(13)23-16(19)22/h12-15H,3-11,20H2,1-2H3/t12-,13-,14+,15+,19-/m1/s1. The SMILES string of the molecule is B[C@@]1(CN(C)C)C(=O)O[C@@H]2[C@@H]3[C@@H](CCC34CC4)C3(CC[C@H]21)CC3. The van der Waals surface area contributed by atoms with E-state index in [0.29, 0.717) is 22.7 Å². The number of rotatable bonds is 2. The highest BCUT2D eigenvalue weighted by molar-refractivity contribution is 6.28. The molecule has 0 aromatic rings. The van der Waals surface area contributed by atoms with E-state index < -0.39 is 0 Å². The maximum absolute atomic E-state index is 12.9. The Morgan fingerprint density at radius 1 is 1.04 bits per heavy atom. The van der Waals surface area contributed by atoms with Gasteiger partial charge in [0.05, 0.1) is 5.31 Å². The van der Waals surface area contributed by atoms with E-state index >= 15 is 0 Å². The Labute approximate surface area is 140 Å². The molecule has 3 nitrogen and oxygen atoms in total. The molecule has 0 radical (unpaired) electrons. The zero-order valence-electron chi connectivity index (χ0n) is 14.9. The Morgan fingerprint density at radius 2 is 1.65 bits per heavy atom. The molecule has 5 rings (SSSR count). The summed E-state index contributed by atoms with van der Waals surface area (Å²) in [5.74, 6) is 2.08. The van der Waals surface area contributed by atoms with Crippen LogP contribution in [0.1, 0.15) is 51.4 Å². The number of carbonyl (C=O) groups excluding carboxylic acids is 1. The molecule has 0 aromatic carbocycles. The molecular weight excluding hydrogens is 285 g/mol. The summed E-state index contributed by atoms with van der Waals surface area (Å²) in [6.07, 6.45) is 11.3.